The summed E-state index contributed by atoms with van der Waals surface area (Å²) in [6, 6.07) is 15.3. The normalized spacial score (nSPS) is 20.2. The van der Waals surface area contributed by atoms with Gasteiger partial charge < -0.3 is 24.8 Å². The van der Waals surface area contributed by atoms with E-state index in [9.17, 15) is 19.5 Å². The maximum atomic E-state index is 13.3. The number of fused-ring (bicyclic) bond motifs is 3. The molecule has 0 radical (unpaired) electrons. The molecule has 2 atom stereocenters. The monoisotopic (exact) mass is 480 g/mol. The maximum Gasteiger partial charge on any atom is 0.407 e. The number of methoxy groups -OCH3 is 1. The highest BCUT2D eigenvalue weighted by atomic mass is 16.5. The largest absolute Gasteiger partial charge is 0.479 e. The molecule has 1 fully saturated rings. The molecule has 1 aliphatic heterocycles. The van der Waals surface area contributed by atoms with Crippen LogP contribution in [0, 0.1) is 5.41 Å². The van der Waals surface area contributed by atoms with E-state index >= 15 is 0 Å². The molecular weight excluding hydrogens is 448 g/mol. The number of amides is 2. The van der Waals surface area contributed by atoms with Crippen molar-refractivity contribution in [2.45, 2.75) is 44.8 Å². The summed E-state index contributed by atoms with van der Waals surface area (Å²) >= 11 is 0. The predicted molar refractivity (Wildman–Crippen MR) is 130 cm³/mol. The van der Waals surface area contributed by atoms with E-state index < -0.39 is 29.1 Å². The Labute approximate surface area is 205 Å². The number of carboxylic acids is 1. The van der Waals surface area contributed by atoms with Crippen molar-refractivity contribution >= 4 is 18.0 Å². The second-order valence-corrected chi connectivity index (χ2v) is 10.3. The number of carbonyl (C=O) groups excluding carboxylic acids is 2. The number of aliphatic carboxylic acids is 1. The first-order chi connectivity index (χ1) is 16.6. The Balaban J connectivity index is 1.45. The van der Waals surface area contributed by atoms with E-state index in [1.165, 1.54) is 12.0 Å². The summed E-state index contributed by atoms with van der Waals surface area (Å²) in [5.41, 5.74) is 2.42. The minimum atomic E-state index is -1.43. The number of nitrogens with one attached hydrogen (secondary N) is 1. The second-order valence-electron chi connectivity index (χ2n) is 10.3. The molecule has 0 spiro atoms. The second kappa shape index (κ2) is 9.34. The van der Waals surface area contributed by atoms with E-state index in [0.29, 0.717) is 0 Å². The molecule has 35 heavy (non-hydrogen) atoms. The molecule has 1 saturated heterocycles. The number of likely N-dealkylation sites (tertiary alicyclic amines) is 1. The molecule has 2 aromatic rings. The van der Waals surface area contributed by atoms with Crippen LogP contribution in [0.15, 0.2) is 48.5 Å². The van der Waals surface area contributed by atoms with E-state index in [-0.39, 0.29) is 37.9 Å². The number of rotatable bonds is 6. The van der Waals surface area contributed by atoms with Crippen LogP contribution in [0.2, 0.25) is 0 Å². The van der Waals surface area contributed by atoms with Crippen molar-refractivity contribution in [2.75, 3.05) is 26.8 Å². The summed E-state index contributed by atoms with van der Waals surface area (Å²) in [6.45, 7) is 5.83. The lowest BCUT2D eigenvalue weighted by atomic mass is 9.86. The van der Waals surface area contributed by atoms with Crippen molar-refractivity contribution < 1.29 is 29.0 Å². The minimum Gasteiger partial charge on any atom is -0.479 e. The summed E-state index contributed by atoms with van der Waals surface area (Å²) in [5.74, 6) is -1.55. The van der Waals surface area contributed by atoms with Crippen LogP contribution in [0.1, 0.15) is 44.2 Å². The number of hydrogen-bond donors (Lipinski definition) is 2. The van der Waals surface area contributed by atoms with Gasteiger partial charge in [-0.2, -0.15) is 0 Å². The van der Waals surface area contributed by atoms with Crippen LogP contribution in [-0.4, -0.2) is 66.4 Å². The van der Waals surface area contributed by atoms with Crippen molar-refractivity contribution in [2.24, 2.45) is 5.41 Å². The van der Waals surface area contributed by atoms with Gasteiger partial charge in [0, 0.05) is 26.0 Å². The summed E-state index contributed by atoms with van der Waals surface area (Å²) in [6.07, 6.45) is -0.498. The molecule has 2 aromatic carbocycles. The summed E-state index contributed by atoms with van der Waals surface area (Å²) in [4.78, 5) is 39.4. The van der Waals surface area contributed by atoms with E-state index in [0.717, 1.165) is 22.3 Å². The maximum absolute atomic E-state index is 13.3. The zero-order valence-corrected chi connectivity index (χ0v) is 20.5. The van der Waals surface area contributed by atoms with Crippen molar-refractivity contribution in [3.05, 3.63) is 59.7 Å². The van der Waals surface area contributed by atoms with Gasteiger partial charge >= 0.3 is 12.1 Å². The van der Waals surface area contributed by atoms with Crippen molar-refractivity contribution in [1.29, 1.82) is 0 Å². The summed E-state index contributed by atoms with van der Waals surface area (Å²) < 4.78 is 10.9. The average molecular weight is 481 g/mol. The molecule has 1 unspecified atom stereocenters. The third kappa shape index (κ3) is 4.62. The van der Waals surface area contributed by atoms with Crippen LogP contribution in [0.4, 0.5) is 4.79 Å². The highest BCUT2D eigenvalue weighted by Crippen LogP contribution is 2.44. The van der Waals surface area contributed by atoms with Crippen LogP contribution in [0.5, 0.6) is 0 Å². The first-order valence-electron chi connectivity index (χ1n) is 11.8. The smallest absolute Gasteiger partial charge is 0.407 e. The van der Waals surface area contributed by atoms with Gasteiger partial charge in [-0.1, -0.05) is 69.3 Å². The van der Waals surface area contributed by atoms with Crippen LogP contribution >= 0.6 is 0 Å². The molecule has 1 aliphatic carbocycles. The fourth-order valence-corrected chi connectivity index (χ4v) is 4.99. The van der Waals surface area contributed by atoms with E-state index in [1.807, 2.05) is 57.2 Å². The number of carbonyl (C=O) groups is 3. The van der Waals surface area contributed by atoms with Gasteiger partial charge in [-0.15, -0.1) is 0 Å². The molecule has 8 nitrogen and oxygen atoms in total. The Morgan fingerprint density at radius 3 is 2.14 bits per heavy atom. The molecule has 4 rings (SSSR count). The van der Waals surface area contributed by atoms with Gasteiger partial charge in [-0.05, 0) is 27.7 Å². The number of nitrogens with zero attached hydrogens (tertiary/aromatic N) is 1. The number of ether oxygens (including phenoxy) is 2. The van der Waals surface area contributed by atoms with Crippen LogP contribution in [0.25, 0.3) is 11.1 Å². The van der Waals surface area contributed by atoms with E-state index in [2.05, 4.69) is 17.4 Å². The van der Waals surface area contributed by atoms with Gasteiger partial charge in [0.05, 0.1) is 6.54 Å². The Morgan fingerprint density at radius 1 is 1.09 bits per heavy atom. The van der Waals surface area contributed by atoms with Gasteiger partial charge in [0.25, 0.3) is 0 Å². The Kier molecular flexibility index (Phi) is 6.60. The Hall–Kier alpha value is -3.39. The van der Waals surface area contributed by atoms with Crippen LogP contribution < -0.4 is 5.32 Å². The predicted octanol–water partition coefficient (Wildman–Crippen LogP) is 3.64. The minimum absolute atomic E-state index is 0.0728. The lowest BCUT2D eigenvalue weighted by molar-refractivity contribution is -0.161. The third-order valence-corrected chi connectivity index (χ3v) is 7.04. The Morgan fingerprint density at radius 2 is 1.66 bits per heavy atom. The molecule has 0 aromatic heterocycles. The van der Waals surface area contributed by atoms with Crippen LogP contribution in [-0.2, 0) is 19.1 Å². The molecular formula is C27H32N2O6. The summed E-state index contributed by atoms with van der Waals surface area (Å²) in [5, 5.41) is 12.3. The molecule has 186 valence electrons. The number of alkyl carbamates (subject to hydrolysis) is 1. The van der Waals surface area contributed by atoms with E-state index in [4.69, 9.17) is 9.47 Å². The molecule has 0 saturated carbocycles. The zero-order valence-electron chi connectivity index (χ0n) is 20.5. The van der Waals surface area contributed by atoms with Gasteiger partial charge in [0.2, 0.25) is 5.91 Å². The van der Waals surface area contributed by atoms with Gasteiger partial charge in [-0.3, -0.25) is 4.79 Å². The first-order valence-corrected chi connectivity index (χ1v) is 11.8. The lowest BCUT2D eigenvalue weighted by Gasteiger charge is -2.33. The number of benzene rings is 2. The average Bonchev–Trinajstić information content (AvgIpc) is 3.41. The molecule has 1 heterocycles. The quantitative estimate of drug-likeness (QED) is 0.654. The standard InChI is InChI=1S/C27H32N2O6/c1-26(2,3)22(23(30)29-14-13-27(16-29,34-4)24(31)32)28-25(33)35-15-21-19-11-7-5-9-17(19)18-10-6-8-12-20(18)21/h5-12,21-22H,13-16H2,1-4H3,(H,28,33)(H,31,32)/t22-,27?/m1/s1. The molecule has 0 bridgehead atoms. The number of carboxylic acid groups (broad SMARTS) is 1. The molecule has 2 aliphatic rings. The van der Waals surface area contributed by atoms with Crippen LogP contribution in [0.3, 0.4) is 0 Å². The number of hydrogen-bond acceptors (Lipinski definition) is 5. The van der Waals surface area contributed by atoms with Gasteiger partial charge in [0.1, 0.15) is 12.6 Å². The SMILES string of the molecule is COC1(C(=O)O)CCN(C(=O)[C@@H](NC(=O)OCC2c3ccccc3-c3ccccc32)C(C)(C)C)C1. The molecule has 8 heteroatoms. The zero-order chi connectivity index (χ0) is 25.4. The fraction of sp³-hybridized carbons (Fsp3) is 0.444. The fourth-order valence-electron chi connectivity index (χ4n) is 4.99. The topological polar surface area (TPSA) is 105 Å². The highest BCUT2D eigenvalue weighted by Gasteiger charge is 2.49. The van der Waals surface area contributed by atoms with Crippen molar-refractivity contribution in [3.8, 4) is 11.1 Å². The lowest BCUT2D eigenvalue weighted by Crippen LogP contribution is -2.55. The third-order valence-electron chi connectivity index (χ3n) is 7.04. The molecule has 2 N–H and O–H groups in total. The van der Waals surface area contributed by atoms with Crippen molar-refractivity contribution in [1.82, 2.24) is 10.2 Å². The first kappa shape index (κ1) is 24.7. The van der Waals surface area contributed by atoms with Gasteiger partial charge in [0.15, 0.2) is 5.60 Å². The molecule has 2 amide bonds. The highest BCUT2D eigenvalue weighted by molar-refractivity contribution is 5.88. The summed E-state index contributed by atoms with van der Waals surface area (Å²) in [7, 11) is 1.33. The van der Waals surface area contributed by atoms with Crippen molar-refractivity contribution in [3.63, 3.8) is 0 Å². The van der Waals surface area contributed by atoms with Gasteiger partial charge in [-0.25, -0.2) is 9.59 Å². The Bertz CT molecular complexity index is 1090. The van der Waals surface area contributed by atoms with E-state index in [1.54, 1.807) is 0 Å².